The van der Waals surface area contributed by atoms with Crippen LogP contribution in [-0.4, -0.2) is 35.3 Å². The van der Waals surface area contributed by atoms with Gasteiger partial charge in [0.15, 0.2) is 0 Å². The van der Waals surface area contributed by atoms with E-state index in [1.54, 1.807) is 0 Å². The van der Waals surface area contributed by atoms with E-state index < -0.39 is 0 Å². The Bertz CT molecular complexity index is 178. The summed E-state index contributed by atoms with van der Waals surface area (Å²) in [4.78, 5) is 0. The fourth-order valence-corrected chi connectivity index (χ4v) is 2.77. The van der Waals surface area contributed by atoms with E-state index in [4.69, 9.17) is 0 Å². The summed E-state index contributed by atoms with van der Waals surface area (Å²) >= 11 is 2.05. The Kier molecular flexibility index (Phi) is 10.4. The monoisotopic (exact) mass is 261 g/mol. The molecular formula is C14H31NOS. The van der Waals surface area contributed by atoms with Crippen LogP contribution in [0.4, 0.5) is 0 Å². The first-order valence-electron chi connectivity index (χ1n) is 7.01. The Morgan fingerprint density at radius 3 is 2.59 bits per heavy atom. The van der Waals surface area contributed by atoms with Gasteiger partial charge in [0.1, 0.15) is 0 Å². The average Bonchev–Trinajstić information content (AvgIpc) is 2.35. The van der Waals surface area contributed by atoms with Gasteiger partial charge in [0.2, 0.25) is 0 Å². The van der Waals surface area contributed by atoms with E-state index in [2.05, 4.69) is 44.8 Å². The van der Waals surface area contributed by atoms with E-state index in [1.807, 2.05) is 0 Å². The Morgan fingerprint density at radius 2 is 2.06 bits per heavy atom. The molecule has 2 N–H and O–H groups in total. The average molecular weight is 261 g/mol. The first-order valence-corrected chi connectivity index (χ1v) is 8.17. The van der Waals surface area contributed by atoms with Crippen LogP contribution < -0.4 is 5.32 Å². The van der Waals surface area contributed by atoms with Crippen molar-refractivity contribution in [2.75, 3.05) is 24.7 Å². The van der Waals surface area contributed by atoms with Gasteiger partial charge in [0.25, 0.3) is 0 Å². The third-order valence-corrected chi connectivity index (χ3v) is 4.65. The minimum Gasteiger partial charge on any atom is -0.394 e. The van der Waals surface area contributed by atoms with Gasteiger partial charge in [-0.05, 0) is 50.2 Å². The Balaban J connectivity index is 3.62. The smallest absolute Gasteiger partial charge is 0.0610 e. The highest BCUT2D eigenvalue weighted by atomic mass is 32.2. The number of hydrogen-bond acceptors (Lipinski definition) is 3. The van der Waals surface area contributed by atoms with Gasteiger partial charge in [-0.15, -0.1) is 0 Å². The quantitative estimate of drug-likeness (QED) is 0.560. The lowest BCUT2D eigenvalue weighted by Crippen LogP contribution is -2.46. The van der Waals surface area contributed by atoms with Crippen LogP contribution in [0.5, 0.6) is 0 Å². The highest BCUT2D eigenvalue weighted by Crippen LogP contribution is 2.17. The van der Waals surface area contributed by atoms with Crippen molar-refractivity contribution >= 4 is 11.8 Å². The van der Waals surface area contributed by atoms with E-state index in [9.17, 15) is 5.11 Å². The van der Waals surface area contributed by atoms with E-state index >= 15 is 0 Å². The molecule has 0 heterocycles. The SMILES string of the molecule is CCCNC(C)(CO)CCCSCC(C)CC. The summed E-state index contributed by atoms with van der Waals surface area (Å²) in [6.45, 7) is 10.1. The Labute approximate surface area is 112 Å². The zero-order valence-electron chi connectivity index (χ0n) is 12.1. The Morgan fingerprint density at radius 1 is 1.35 bits per heavy atom. The lowest BCUT2D eigenvalue weighted by atomic mass is 9.97. The fourth-order valence-electron chi connectivity index (χ4n) is 1.62. The molecule has 0 bridgehead atoms. The number of thioether (sulfide) groups is 1. The van der Waals surface area contributed by atoms with Gasteiger partial charge in [-0.3, -0.25) is 0 Å². The van der Waals surface area contributed by atoms with Crippen molar-refractivity contribution in [3.8, 4) is 0 Å². The molecule has 2 nitrogen and oxygen atoms in total. The van der Waals surface area contributed by atoms with E-state index in [0.29, 0.717) is 0 Å². The molecule has 0 aromatic carbocycles. The molecule has 0 spiro atoms. The summed E-state index contributed by atoms with van der Waals surface area (Å²) < 4.78 is 0. The Hall–Kier alpha value is 0.270. The van der Waals surface area contributed by atoms with Crippen LogP contribution in [0.3, 0.4) is 0 Å². The molecule has 0 radical (unpaired) electrons. The van der Waals surface area contributed by atoms with Gasteiger partial charge in [0.05, 0.1) is 6.61 Å². The van der Waals surface area contributed by atoms with Crippen LogP contribution in [0.2, 0.25) is 0 Å². The molecular weight excluding hydrogens is 230 g/mol. The maximum Gasteiger partial charge on any atom is 0.0610 e. The number of aliphatic hydroxyl groups excluding tert-OH is 1. The van der Waals surface area contributed by atoms with Crippen molar-refractivity contribution in [3.63, 3.8) is 0 Å². The molecule has 17 heavy (non-hydrogen) atoms. The third-order valence-electron chi connectivity index (χ3n) is 3.27. The van der Waals surface area contributed by atoms with Crippen LogP contribution in [0.25, 0.3) is 0 Å². The predicted octanol–water partition coefficient (Wildman–Crippen LogP) is 3.30. The number of aliphatic hydroxyl groups is 1. The summed E-state index contributed by atoms with van der Waals surface area (Å²) in [5, 5.41) is 12.9. The molecule has 0 aliphatic carbocycles. The first-order chi connectivity index (χ1) is 8.08. The number of hydrogen-bond donors (Lipinski definition) is 2. The van der Waals surface area contributed by atoms with Crippen molar-refractivity contribution in [2.45, 2.75) is 58.9 Å². The largest absolute Gasteiger partial charge is 0.394 e. The van der Waals surface area contributed by atoms with Crippen molar-refractivity contribution in [2.24, 2.45) is 5.92 Å². The van der Waals surface area contributed by atoms with Gasteiger partial charge in [-0.1, -0.05) is 27.2 Å². The van der Waals surface area contributed by atoms with E-state index in [1.165, 1.54) is 24.3 Å². The van der Waals surface area contributed by atoms with Gasteiger partial charge in [-0.2, -0.15) is 11.8 Å². The molecule has 0 aromatic rings. The predicted molar refractivity (Wildman–Crippen MR) is 79.8 cm³/mol. The summed E-state index contributed by atoms with van der Waals surface area (Å²) in [6.07, 6.45) is 4.66. The second kappa shape index (κ2) is 10.2. The lowest BCUT2D eigenvalue weighted by Gasteiger charge is -2.28. The van der Waals surface area contributed by atoms with Gasteiger partial charge >= 0.3 is 0 Å². The van der Waals surface area contributed by atoms with Gasteiger partial charge in [0, 0.05) is 5.54 Å². The molecule has 0 aliphatic rings. The van der Waals surface area contributed by atoms with Crippen LogP contribution in [0.1, 0.15) is 53.4 Å². The van der Waals surface area contributed by atoms with Crippen molar-refractivity contribution < 1.29 is 5.11 Å². The maximum absolute atomic E-state index is 9.43. The summed E-state index contributed by atoms with van der Waals surface area (Å²) in [6, 6.07) is 0. The standard InChI is InChI=1S/C14H31NOS/c1-5-9-15-14(4,12-16)8-7-10-17-11-13(3)6-2/h13,15-16H,5-12H2,1-4H3. The number of rotatable bonds is 11. The molecule has 2 atom stereocenters. The molecule has 0 rings (SSSR count). The molecule has 2 unspecified atom stereocenters. The molecule has 3 heteroatoms. The van der Waals surface area contributed by atoms with E-state index in [0.717, 1.165) is 25.3 Å². The first kappa shape index (κ1) is 17.3. The summed E-state index contributed by atoms with van der Waals surface area (Å²) in [5.41, 5.74) is -0.0764. The zero-order chi connectivity index (χ0) is 13.1. The maximum atomic E-state index is 9.43. The fraction of sp³-hybridized carbons (Fsp3) is 1.00. The van der Waals surface area contributed by atoms with Gasteiger partial charge < -0.3 is 10.4 Å². The van der Waals surface area contributed by atoms with Crippen LogP contribution >= 0.6 is 11.8 Å². The van der Waals surface area contributed by atoms with Gasteiger partial charge in [-0.25, -0.2) is 0 Å². The molecule has 0 saturated carbocycles. The van der Waals surface area contributed by atoms with E-state index in [-0.39, 0.29) is 12.1 Å². The topological polar surface area (TPSA) is 32.3 Å². The minimum atomic E-state index is -0.0764. The van der Waals surface area contributed by atoms with Crippen molar-refractivity contribution in [3.05, 3.63) is 0 Å². The summed E-state index contributed by atoms with van der Waals surface area (Å²) in [7, 11) is 0. The van der Waals surface area contributed by atoms with Crippen molar-refractivity contribution in [1.82, 2.24) is 5.32 Å². The minimum absolute atomic E-state index is 0.0764. The second-order valence-corrected chi connectivity index (χ2v) is 6.49. The molecule has 0 fully saturated rings. The number of nitrogens with one attached hydrogen (secondary N) is 1. The lowest BCUT2D eigenvalue weighted by molar-refractivity contribution is 0.165. The molecule has 104 valence electrons. The zero-order valence-corrected chi connectivity index (χ0v) is 12.9. The normalized spacial score (nSPS) is 16.8. The third kappa shape index (κ3) is 8.92. The molecule has 0 amide bonds. The molecule has 0 aromatic heterocycles. The second-order valence-electron chi connectivity index (χ2n) is 5.34. The molecule has 0 aliphatic heterocycles. The van der Waals surface area contributed by atoms with Crippen LogP contribution in [0.15, 0.2) is 0 Å². The van der Waals surface area contributed by atoms with Crippen molar-refractivity contribution in [1.29, 1.82) is 0 Å². The van der Waals surface area contributed by atoms with Crippen LogP contribution in [0, 0.1) is 5.92 Å². The highest BCUT2D eigenvalue weighted by Gasteiger charge is 2.21. The molecule has 0 saturated heterocycles. The highest BCUT2D eigenvalue weighted by molar-refractivity contribution is 7.99. The van der Waals surface area contributed by atoms with Crippen LogP contribution in [-0.2, 0) is 0 Å². The summed E-state index contributed by atoms with van der Waals surface area (Å²) in [5.74, 6) is 3.32.